The number of nitrogens with zero attached hydrogens (tertiary/aromatic N) is 3. The largest absolute Gasteiger partial charge is 0.459 e. The average Bonchev–Trinajstić information content (AvgIpc) is 3.20. The molecule has 3 aromatic rings. The molecule has 25 heavy (non-hydrogen) atoms. The van der Waals surface area contributed by atoms with E-state index in [4.69, 9.17) is 4.42 Å². The molecule has 1 aromatic carbocycles. The summed E-state index contributed by atoms with van der Waals surface area (Å²) in [6.07, 6.45) is 2.00. The van der Waals surface area contributed by atoms with E-state index in [0.717, 1.165) is 35.3 Å². The number of benzene rings is 1. The van der Waals surface area contributed by atoms with E-state index in [0.29, 0.717) is 25.3 Å². The molecule has 0 saturated heterocycles. The van der Waals surface area contributed by atoms with Gasteiger partial charge in [-0.2, -0.15) is 5.10 Å². The number of hydrogen-bond acceptors (Lipinski definition) is 3. The Morgan fingerprint density at radius 2 is 2.04 bits per heavy atom. The maximum absolute atomic E-state index is 13.1. The minimum atomic E-state index is 0.0105. The van der Waals surface area contributed by atoms with Crippen LogP contribution in [0.5, 0.6) is 0 Å². The molecule has 0 radical (unpaired) electrons. The van der Waals surface area contributed by atoms with Gasteiger partial charge < -0.3 is 9.32 Å². The molecular weight excluding hydrogens is 314 g/mol. The van der Waals surface area contributed by atoms with Crippen LogP contribution in [0.25, 0.3) is 11.0 Å². The summed E-state index contributed by atoms with van der Waals surface area (Å²) in [5.74, 6) is 0.821. The summed E-state index contributed by atoms with van der Waals surface area (Å²) in [5, 5.41) is 5.47. The summed E-state index contributed by atoms with van der Waals surface area (Å²) < 4.78 is 7.68. The van der Waals surface area contributed by atoms with Crippen LogP contribution in [-0.4, -0.2) is 27.1 Å². The molecule has 0 saturated carbocycles. The van der Waals surface area contributed by atoms with E-state index in [1.54, 1.807) is 4.68 Å². The Morgan fingerprint density at radius 1 is 1.24 bits per heavy atom. The molecule has 5 nitrogen and oxygen atoms in total. The summed E-state index contributed by atoms with van der Waals surface area (Å²) in [7, 11) is 0. The van der Waals surface area contributed by atoms with E-state index in [-0.39, 0.29) is 5.91 Å². The quantitative estimate of drug-likeness (QED) is 0.641. The van der Waals surface area contributed by atoms with Crippen molar-refractivity contribution < 1.29 is 9.21 Å². The minimum Gasteiger partial charge on any atom is -0.459 e. The molecule has 0 N–H and O–H groups in total. The molecular formula is C20H25N3O2. The molecule has 2 heterocycles. The van der Waals surface area contributed by atoms with Crippen molar-refractivity contribution in [1.29, 1.82) is 0 Å². The van der Waals surface area contributed by atoms with E-state index >= 15 is 0 Å². The smallest absolute Gasteiger partial charge is 0.272 e. The highest BCUT2D eigenvalue weighted by Gasteiger charge is 2.21. The van der Waals surface area contributed by atoms with Crippen molar-refractivity contribution in [3.8, 4) is 0 Å². The second-order valence-electron chi connectivity index (χ2n) is 6.32. The molecule has 2 aromatic heterocycles. The molecule has 5 heteroatoms. The van der Waals surface area contributed by atoms with Crippen LogP contribution in [0.4, 0.5) is 0 Å². The van der Waals surface area contributed by atoms with Crippen LogP contribution >= 0.6 is 0 Å². The first-order valence-electron chi connectivity index (χ1n) is 8.93. The number of amides is 1. The lowest BCUT2D eigenvalue weighted by Crippen LogP contribution is -2.33. The van der Waals surface area contributed by atoms with Crippen molar-refractivity contribution in [1.82, 2.24) is 14.7 Å². The number of aryl methyl sites for hydroxylation is 2. The van der Waals surface area contributed by atoms with Crippen molar-refractivity contribution in [2.45, 2.75) is 46.7 Å². The number of aromatic nitrogens is 2. The third-order valence-corrected chi connectivity index (χ3v) is 4.31. The average molecular weight is 339 g/mol. The van der Waals surface area contributed by atoms with Gasteiger partial charge in [-0.05, 0) is 38.5 Å². The maximum atomic E-state index is 13.1. The van der Waals surface area contributed by atoms with Gasteiger partial charge >= 0.3 is 0 Å². The fraction of sp³-hybridized carbons (Fsp3) is 0.400. The molecule has 0 aliphatic heterocycles. The SMILES string of the molecule is CCCCN(Cc1cc2ccccc2o1)C(=O)c1cc(C)nn1CC. The van der Waals surface area contributed by atoms with Crippen LogP contribution in [0.1, 0.15) is 48.6 Å². The standard InChI is InChI=1S/C20H25N3O2/c1-4-6-11-22(20(24)18-12-15(3)21-23(18)5-2)14-17-13-16-9-7-8-10-19(16)25-17/h7-10,12-13H,4-6,11,14H2,1-3H3. The lowest BCUT2D eigenvalue weighted by molar-refractivity contribution is 0.0717. The molecule has 0 spiro atoms. The number of rotatable bonds is 7. The van der Waals surface area contributed by atoms with Crippen LogP contribution in [0.3, 0.4) is 0 Å². The molecule has 0 atom stereocenters. The number of carbonyl (C=O) groups excluding carboxylic acids is 1. The number of unbranched alkanes of at least 4 members (excludes halogenated alkanes) is 1. The van der Waals surface area contributed by atoms with Crippen LogP contribution in [-0.2, 0) is 13.1 Å². The summed E-state index contributed by atoms with van der Waals surface area (Å²) in [4.78, 5) is 15.0. The third-order valence-electron chi connectivity index (χ3n) is 4.31. The molecule has 0 unspecified atom stereocenters. The predicted octanol–water partition coefficient (Wildman–Crippen LogP) is 4.40. The van der Waals surface area contributed by atoms with Crippen molar-refractivity contribution >= 4 is 16.9 Å². The van der Waals surface area contributed by atoms with Crippen LogP contribution < -0.4 is 0 Å². The minimum absolute atomic E-state index is 0.0105. The molecule has 132 valence electrons. The molecule has 1 amide bonds. The lowest BCUT2D eigenvalue weighted by Gasteiger charge is -2.21. The fourth-order valence-corrected chi connectivity index (χ4v) is 3.02. The monoisotopic (exact) mass is 339 g/mol. The zero-order valence-electron chi connectivity index (χ0n) is 15.2. The normalized spacial score (nSPS) is 11.2. The van der Waals surface area contributed by atoms with Crippen LogP contribution in [0.15, 0.2) is 40.8 Å². The van der Waals surface area contributed by atoms with Gasteiger partial charge in [0.2, 0.25) is 0 Å². The van der Waals surface area contributed by atoms with Crippen molar-refractivity contribution in [2.75, 3.05) is 6.54 Å². The first-order chi connectivity index (χ1) is 12.1. The van der Waals surface area contributed by atoms with Gasteiger partial charge in [0.1, 0.15) is 17.0 Å². The first-order valence-corrected chi connectivity index (χ1v) is 8.93. The van der Waals surface area contributed by atoms with Gasteiger partial charge in [0, 0.05) is 18.5 Å². The van der Waals surface area contributed by atoms with Gasteiger partial charge in [-0.1, -0.05) is 31.5 Å². The van der Waals surface area contributed by atoms with E-state index in [9.17, 15) is 4.79 Å². The van der Waals surface area contributed by atoms with Gasteiger partial charge in [0.15, 0.2) is 0 Å². The van der Waals surface area contributed by atoms with E-state index in [1.807, 2.05) is 55.1 Å². The number of furan rings is 1. The van der Waals surface area contributed by atoms with Gasteiger partial charge in [-0.15, -0.1) is 0 Å². The highest BCUT2D eigenvalue weighted by atomic mass is 16.3. The van der Waals surface area contributed by atoms with Crippen molar-refractivity contribution in [3.05, 3.63) is 53.5 Å². The Kier molecular flexibility index (Phi) is 5.22. The number of carbonyl (C=O) groups is 1. The van der Waals surface area contributed by atoms with Crippen LogP contribution in [0, 0.1) is 6.92 Å². The highest BCUT2D eigenvalue weighted by molar-refractivity contribution is 5.92. The summed E-state index contributed by atoms with van der Waals surface area (Å²) in [6.45, 7) is 7.91. The second-order valence-corrected chi connectivity index (χ2v) is 6.32. The van der Waals surface area contributed by atoms with Gasteiger partial charge in [0.25, 0.3) is 5.91 Å². The predicted molar refractivity (Wildman–Crippen MR) is 98.5 cm³/mol. The van der Waals surface area contributed by atoms with Gasteiger partial charge in [-0.3, -0.25) is 9.48 Å². The van der Waals surface area contributed by atoms with Crippen molar-refractivity contribution in [2.24, 2.45) is 0 Å². The molecule has 0 fully saturated rings. The number of hydrogen-bond donors (Lipinski definition) is 0. The number of fused-ring (bicyclic) bond motifs is 1. The Hall–Kier alpha value is -2.56. The van der Waals surface area contributed by atoms with E-state index in [1.165, 1.54) is 0 Å². The topological polar surface area (TPSA) is 51.3 Å². The Balaban J connectivity index is 1.86. The molecule has 0 aliphatic carbocycles. The zero-order chi connectivity index (χ0) is 17.8. The Labute approximate surface area is 148 Å². The summed E-state index contributed by atoms with van der Waals surface area (Å²) in [5.41, 5.74) is 2.37. The summed E-state index contributed by atoms with van der Waals surface area (Å²) in [6, 6.07) is 11.8. The van der Waals surface area contributed by atoms with Crippen molar-refractivity contribution in [3.63, 3.8) is 0 Å². The fourth-order valence-electron chi connectivity index (χ4n) is 3.02. The highest BCUT2D eigenvalue weighted by Crippen LogP contribution is 2.21. The Bertz CT molecular complexity index is 830. The second kappa shape index (κ2) is 7.55. The molecule has 0 bridgehead atoms. The molecule has 0 aliphatic rings. The number of para-hydroxylation sites is 1. The van der Waals surface area contributed by atoms with Crippen LogP contribution in [0.2, 0.25) is 0 Å². The summed E-state index contributed by atoms with van der Waals surface area (Å²) >= 11 is 0. The maximum Gasteiger partial charge on any atom is 0.272 e. The zero-order valence-corrected chi connectivity index (χ0v) is 15.2. The van der Waals surface area contributed by atoms with Gasteiger partial charge in [-0.25, -0.2) is 0 Å². The van der Waals surface area contributed by atoms with Gasteiger partial charge in [0.05, 0.1) is 12.2 Å². The Morgan fingerprint density at radius 3 is 2.76 bits per heavy atom. The lowest BCUT2D eigenvalue weighted by atomic mass is 10.2. The molecule has 3 rings (SSSR count). The first kappa shape index (κ1) is 17.3. The third kappa shape index (κ3) is 3.76. The van der Waals surface area contributed by atoms with E-state index in [2.05, 4.69) is 12.0 Å². The van der Waals surface area contributed by atoms with E-state index < -0.39 is 0 Å².